The zero-order chi connectivity index (χ0) is 22.3. The quantitative estimate of drug-likeness (QED) is 0.666. The molecule has 0 unspecified atom stereocenters. The number of aliphatic hydroxyl groups excluding tert-OH is 1. The number of nitrogens with zero attached hydrogens (tertiary/aromatic N) is 2. The molecule has 1 aromatic rings. The van der Waals surface area contributed by atoms with Crippen molar-refractivity contribution in [2.45, 2.75) is 64.0 Å². The number of rotatable bonds is 7. The van der Waals surface area contributed by atoms with Gasteiger partial charge in [-0.2, -0.15) is 4.31 Å². The Kier molecular flexibility index (Phi) is 9.17. The first kappa shape index (κ1) is 24.7. The molecule has 0 radical (unpaired) electrons. The van der Waals surface area contributed by atoms with E-state index in [1.165, 1.54) is 4.31 Å². The molecule has 0 bridgehead atoms. The molecular weight excluding hydrogens is 400 g/mol. The molecule has 1 heterocycles. The number of aliphatic hydroxyl groups is 1. The summed E-state index contributed by atoms with van der Waals surface area (Å²) in [5, 5.41) is 9.70. The third kappa shape index (κ3) is 5.98. The molecule has 30 heavy (non-hydrogen) atoms. The number of likely N-dealkylation sites (N-methyl/N-ethyl adjacent to an activating group) is 1. The highest BCUT2D eigenvalue weighted by atomic mass is 32.2. The van der Waals surface area contributed by atoms with Crippen LogP contribution in [-0.4, -0.2) is 68.2 Å². The minimum atomic E-state index is -3.80. The normalized spacial score (nSPS) is 22.2. The van der Waals surface area contributed by atoms with Crippen molar-refractivity contribution < 1.29 is 18.3 Å². The molecule has 168 valence electrons. The van der Waals surface area contributed by atoms with E-state index in [1.807, 2.05) is 6.92 Å². The third-order valence-corrected chi connectivity index (χ3v) is 7.39. The van der Waals surface area contributed by atoms with Crippen LogP contribution < -0.4 is 4.74 Å². The maximum atomic E-state index is 13.4. The molecule has 0 saturated carbocycles. The molecule has 0 amide bonds. The molecule has 6 nitrogen and oxygen atoms in total. The van der Waals surface area contributed by atoms with Crippen molar-refractivity contribution in [3.63, 3.8) is 0 Å². The molecule has 0 aliphatic carbocycles. The molecule has 1 aliphatic rings. The monoisotopic (exact) mass is 436 g/mol. The Balaban J connectivity index is 2.53. The molecule has 0 fully saturated rings. The average Bonchev–Trinajstić information content (AvgIpc) is 2.70. The molecule has 3 atom stereocenters. The second kappa shape index (κ2) is 11.1. The van der Waals surface area contributed by atoms with Gasteiger partial charge in [0.05, 0.1) is 6.61 Å². The van der Waals surface area contributed by atoms with Crippen molar-refractivity contribution in [2.24, 2.45) is 5.92 Å². The number of benzene rings is 1. The average molecular weight is 437 g/mol. The van der Waals surface area contributed by atoms with E-state index in [4.69, 9.17) is 4.74 Å². The lowest BCUT2D eigenvalue weighted by Crippen LogP contribution is -2.49. The van der Waals surface area contributed by atoms with E-state index in [1.54, 1.807) is 25.1 Å². The van der Waals surface area contributed by atoms with Crippen molar-refractivity contribution in [3.05, 3.63) is 23.8 Å². The van der Waals surface area contributed by atoms with Crippen LogP contribution in [0, 0.1) is 17.8 Å². The highest BCUT2D eigenvalue weighted by molar-refractivity contribution is 7.89. The molecule has 7 heteroatoms. The lowest BCUT2D eigenvalue weighted by molar-refractivity contribution is 0.0752. The van der Waals surface area contributed by atoms with Gasteiger partial charge in [-0.25, -0.2) is 8.42 Å². The molecular formula is C23H36N2O4S. The third-order valence-electron chi connectivity index (χ3n) is 5.37. The smallest absolute Gasteiger partial charge is 0.247 e. The van der Waals surface area contributed by atoms with E-state index in [0.717, 1.165) is 31.4 Å². The zero-order valence-corrected chi connectivity index (χ0v) is 19.7. The van der Waals surface area contributed by atoms with Gasteiger partial charge in [0.1, 0.15) is 16.7 Å². The van der Waals surface area contributed by atoms with Gasteiger partial charge in [-0.15, -0.1) is 0 Å². The van der Waals surface area contributed by atoms with E-state index in [9.17, 15) is 13.5 Å². The summed E-state index contributed by atoms with van der Waals surface area (Å²) >= 11 is 0. The van der Waals surface area contributed by atoms with Crippen molar-refractivity contribution in [3.8, 4) is 17.6 Å². The van der Waals surface area contributed by atoms with Crippen LogP contribution in [0.15, 0.2) is 23.1 Å². The highest BCUT2D eigenvalue weighted by Gasteiger charge is 2.38. The van der Waals surface area contributed by atoms with Gasteiger partial charge >= 0.3 is 0 Å². The predicted octanol–water partition coefficient (Wildman–Crippen LogP) is 2.95. The first-order valence-electron chi connectivity index (χ1n) is 10.8. The Labute approximate surface area is 182 Å². The van der Waals surface area contributed by atoms with E-state index in [2.05, 4.69) is 37.6 Å². The topological polar surface area (TPSA) is 70.1 Å². The first-order chi connectivity index (χ1) is 14.2. The van der Waals surface area contributed by atoms with Crippen LogP contribution in [0.1, 0.15) is 52.5 Å². The largest absolute Gasteiger partial charge is 0.487 e. The van der Waals surface area contributed by atoms with Gasteiger partial charge in [0.2, 0.25) is 10.0 Å². The number of ether oxygens (including phenoxy) is 1. The SMILES string of the molecule is CCCC#Cc1ccc2c(c1)O[C@H](CN(C)CCC)[C@H](C)CN([C@H](C)CO)S2(=O)=O. The minimum Gasteiger partial charge on any atom is -0.487 e. The van der Waals surface area contributed by atoms with Crippen LogP contribution in [0.5, 0.6) is 5.75 Å². The molecule has 0 aromatic heterocycles. The molecule has 1 aliphatic heterocycles. The lowest BCUT2D eigenvalue weighted by atomic mass is 10.0. The van der Waals surface area contributed by atoms with E-state index in [0.29, 0.717) is 18.8 Å². The Morgan fingerprint density at radius 2 is 2.07 bits per heavy atom. The van der Waals surface area contributed by atoms with Gasteiger partial charge in [-0.1, -0.05) is 32.6 Å². The second-order valence-electron chi connectivity index (χ2n) is 8.22. The van der Waals surface area contributed by atoms with Crippen LogP contribution in [0.3, 0.4) is 0 Å². The molecule has 2 rings (SSSR count). The number of sulfonamides is 1. The maximum absolute atomic E-state index is 13.4. The standard InChI is InChI=1S/C23H36N2O4S/c1-6-8-9-10-20-11-12-23-21(14-20)29-22(16-24(5)13-7-2)18(3)15-25(19(4)17-26)30(23,27)28/h11-12,14,18-19,22,26H,6-8,13,15-17H2,1-5H3/t18-,19-,22-/m1/s1. The van der Waals surface area contributed by atoms with Crippen molar-refractivity contribution >= 4 is 10.0 Å². The molecule has 0 saturated heterocycles. The maximum Gasteiger partial charge on any atom is 0.247 e. The first-order valence-corrected chi connectivity index (χ1v) is 12.3. The van der Waals surface area contributed by atoms with Crippen LogP contribution in [-0.2, 0) is 10.0 Å². The molecule has 0 spiro atoms. The van der Waals surface area contributed by atoms with Crippen molar-refractivity contribution in [1.82, 2.24) is 9.21 Å². The number of fused-ring (bicyclic) bond motifs is 1. The minimum absolute atomic E-state index is 0.0453. The van der Waals surface area contributed by atoms with Crippen LogP contribution in [0.4, 0.5) is 0 Å². The van der Waals surface area contributed by atoms with Gasteiger partial charge in [0.15, 0.2) is 0 Å². The summed E-state index contributed by atoms with van der Waals surface area (Å²) in [4.78, 5) is 2.35. The number of hydrogen-bond donors (Lipinski definition) is 1. The van der Waals surface area contributed by atoms with Crippen LogP contribution in [0.2, 0.25) is 0 Å². The Hall–Kier alpha value is -1.59. The summed E-state index contributed by atoms with van der Waals surface area (Å²) in [5.74, 6) is 6.50. The summed E-state index contributed by atoms with van der Waals surface area (Å²) in [6.07, 6.45) is 2.62. The fourth-order valence-electron chi connectivity index (χ4n) is 3.59. The van der Waals surface area contributed by atoms with Gasteiger partial charge in [0.25, 0.3) is 0 Å². The summed E-state index contributed by atoms with van der Waals surface area (Å²) in [6.45, 7) is 9.64. The number of hydrogen-bond acceptors (Lipinski definition) is 5. The number of unbranched alkanes of at least 4 members (excludes halogenated alkanes) is 1. The second-order valence-corrected chi connectivity index (χ2v) is 10.1. The van der Waals surface area contributed by atoms with E-state index >= 15 is 0 Å². The predicted molar refractivity (Wildman–Crippen MR) is 120 cm³/mol. The van der Waals surface area contributed by atoms with Gasteiger partial charge < -0.3 is 14.7 Å². The molecule has 1 aromatic carbocycles. The summed E-state index contributed by atoms with van der Waals surface area (Å²) in [7, 11) is -1.75. The lowest BCUT2D eigenvalue weighted by Gasteiger charge is -2.37. The molecule has 1 N–H and O–H groups in total. The zero-order valence-electron chi connectivity index (χ0n) is 18.9. The van der Waals surface area contributed by atoms with Gasteiger partial charge in [0, 0.05) is 37.0 Å². The van der Waals surface area contributed by atoms with Crippen LogP contribution in [0.25, 0.3) is 0 Å². The van der Waals surface area contributed by atoms with Gasteiger partial charge in [-0.3, -0.25) is 0 Å². The van der Waals surface area contributed by atoms with Crippen molar-refractivity contribution in [1.29, 1.82) is 0 Å². The van der Waals surface area contributed by atoms with Crippen molar-refractivity contribution in [2.75, 3.05) is 33.3 Å². The van der Waals surface area contributed by atoms with E-state index in [-0.39, 0.29) is 23.5 Å². The summed E-state index contributed by atoms with van der Waals surface area (Å²) in [5.41, 5.74) is 0.744. The highest BCUT2D eigenvalue weighted by Crippen LogP contribution is 2.34. The Bertz CT molecular complexity index is 860. The fourth-order valence-corrected chi connectivity index (χ4v) is 5.42. The van der Waals surface area contributed by atoms with E-state index < -0.39 is 16.1 Å². The summed E-state index contributed by atoms with van der Waals surface area (Å²) < 4.78 is 34.6. The Morgan fingerprint density at radius 1 is 1.33 bits per heavy atom. The summed E-state index contributed by atoms with van der Waals surface area (Å²) in [6, 6.07) is 4.54. The van der Waals surface area contributed by atoms with Crippen LogP contribution >= 0.6 is 0 Å². The van der Waals surface area contributed by atoms with Gasteiger partial charge in [-0.05, 0) is 51.6 Å². The fraction of sp³-hybridized carbons (Fsp3) is 0.652. The Morgan fingerprint density at radius 3 is 2.70 bits per heavy atom.